The number of aromatic hydroxyl groups is 1. The summed E-state index contributed by atoms with van der Waals surface area (Å²) < 4.78 is 5.80. The molecule has 5 heteroatoms. The molecule has 33 heavy (non-hydrogen) atoms. The molecule has 0 aliphatic carbocycles. The second-order valence-electron chi connectivity index (χ2n) is 8.50. The molecule has 0 amide bonds. The first-order chi connectivity index (χ1) is 16.2. The second kappa shape index (κ2) is 16.9. The van der Waals surface area contributed by atoms with Crippen molar-refractivity contribution in [3.05, 3.63) is 48.0 Å². The van der Waals surface area contributed by atoms with Gasteiger partial charge in [-0.05, 0) is 55.3 Å². The summed E-state index contributed by atoms with van der Waals surface area (Å²) in [5, 5.41) is 18.7. The zero-order valence-electron chi connectivity index (χ0n) is 20.5. The van der Waals surface area contributed by atoms with Crippen molar-refractivity contribution in [2.75, 3.05) is 13.2 Å². The summed E-state index contributed by atoms with van der Waals surface area (Å²) in [5.74, 6) is 1.06. The summed E-state index contributed by atoms with van der Waals surface area (Å²) in [6.07, 6.45) is 15.3. The molecular formula is C28H41N3O2. The van der Waals surface area contributed by atoms with E-state index in [4.69, 9.17) is 4.74 Å². The van der Waals surface area contributed by atoms with Crippen LogP contribution < -0.4 is 4.74 Å². The Morgan fingerprint density at radius 3 is 2.06 bits per heavy atom. The molecule has 0 saturated heterocycles. The maximum absolute atomic E-state index is 10.1. The smallest absolute Gasteiger partial charge is 0.124 e. The van der Waals surface area contributed by atoms with Crippen LogP contribution in [0.4, 0.5) is 11.4 Å². The lowest BCUT2D eigenvalue weighted by Gasteiger charge is -2.06. The quantitative estimate of drug-likeness (QED) is 0.148. The van der Waals surface area contributed by atoms with Crippen LogP contribution in [-0.2, 0) is 0 Å². The molecule has 0 radical (unpaired) electrons. The Hall–Kier alpha value is -2.69. The fourth-order valence-electron chi connectivity index (χ4n) is 3.47. The van der Waals surface area contributed by atoms with Gasteiger partial charge in [0.2, 0.25) is 0 Å². The number of phenols is 1. The highest BCUT2D eigenvalue weighted by Crippen LogP contribution is 2.25. The third kappa shape index (κ3) is 11.7. The van der Waals surface area contributed by atoms with Crippen molar-refractivity contribution in [2.45, 2.75) is 84.5 Å². The van der Waals surface area contributed by atoms with Crippen LogP contribution in [0.25, 0.3) is 0 Å². The second-order valence-corrected chi connectivity index (χ2v) is 8.50. The molecule has 0 bridgehead atoms. The Labute approximate surface area is 200 Å². The zero-order chi connectivity index (χ0) is 23.6. The topological polar surface area (TPSA) is 66.5 Å². The molecule has 0 atom stereocenters. The van der Waals surface area contributed by atoms with Gasteiger partial charge >= 0.3 is 0 Å². The van der Waals surface area contributed by atoms with Crippen molar-refractivity contribution in [3.8, 4) is 11.5 Å². The Bertz CT molecular complexity index is 832. The third-order valence-electron chi connectivity index (χ3n) is 5.52. The first kappa shape index (κ1) is 26.6. The molecule has 0 heterocycles. The van der Waals surface area contributed by atoms with E-state index in [2.05, 4.69) is 29.1 Å². The van der Waals surface area contributed by atoms with Crippen LogP contribution in [-0.4, -0.2) is 24.5 Å². The number of azo groups is 1. The third-order valence-corrected chi connectivity index (χ3v) is 5.52. The highest BCUT2D eigenvalue weighted by Gasteiger charge is 2.01. The van der Waals surface area contributed by atoms with Crippen LogP contribution >= 0.6 is 0 Å². The summed E-state index contributed by atoms with van der Waals surface area (Å²) in [4.78, 5) is 4.46. The van der Waals surface area contributed by atoms with Crippen molar-refractivity contribution >= 4 is 17.6 Å². The summed E-state index contributed by atoms with van der Waals surface area (Å²) in [7, 11) is 0. The number of unbranched alkanes of at least 4 members (excludes halogenated alkanes) is 9. The van der Waals surface area contributed by atoms with E-state index >= 15 is 0 Å². The molecule has 0 unspecified atom stereocenters. The Kier molecular flexibility index (Phi) is 13.6. The first-order valence-corrected chi connectivity index (χ1v) is 12.7. The SMILES string of the molecule is CCCCCCCCN=Cc1cc(N=Nc2ccc(OCCCCCCC)cc2)ccc1O. The maximum atomic E-state index is 10.1. The Balaban J connectivity index is 1.79. The van der Waals surface area contributed by atoms with Crippen LogP contribution in [0, 0.1) is 0 Å². The van der Waals surface area contributed by atoms with Crippen molar-refractivity contribution in [3.63, 3.8) is 0 Å². The number of benzene rings is 2. The average Bonchev–Trinajstić information content (AvgIpc) is 2.84. The maximum Gasteiger partial charge on any atom is 0.124 e. The van der Waals surface area contributed by atoms with Gasteiger partial charge in [-0.3, -0.25) is 4.99 Å². The predicted molar refractivity (Wildman–Crippen MR) is 139 cm³/mol. The summed E-state index contributed by atoms with van der Waals surface area (Å²) in [6.45, 7) is 5.99. The van der Waals surface area contributed by atoms with Crippen LogP contribution in [0.15, 0.2) is 57.7 Å². The molecule has 5 nitrogen and oxygen atoms in total. The van der Waals surface area contributed by atoms with Gasteiger partial charge in [-0.15, -0.1) is 0 Å². The lowest BCUT2D eigenvalue weighted by atomic mass is 10.1. The van der Waals surface area contributed by atoms with E-state index in [-0.39, 0.29) is 5.75 Å². The van der Waals surface area contributed by atoms with Gasteiger partial charge in [0, 0.05) is 18.3 Å². The highest BCUT2D eigenvalue weighted by atomic mass is 16.5. The number of ether oxygens (including phenoxy) is 1. The minimum atomic E-state index is 0.205. The van der Waals surface area contributed by atoms with Gasteiger partial charge in [0.25, 0.3) is 0 Å². The van der Waals surface area contributed by atoms with E-state index in [9.17, 15) is 5.11 Å². The van der Waals surface area contributed by atoms with Gasteiger partial charge in [0.05, 0.1) is 18.0 Å². The van der Waals surface area contributed by atoms with Crippen LogP contribution in [0.1, 0.15) is 90.0 Å². The zero-order valence-corrected chi connectivity index (χ0v) is 20.5. The minimum Gasteiger partial charge on any atom is -0.507 e. The van der Waals surface area contributed by atoms with E-state index in [0.29, 0.717) is 11.3 Å². The number of hydrogen-bond acceptors (Lipinski definition) is 5. The summed E-state index contributed by atoms with van der Waals surface area (Å²) >= 11 is 0. The van der Waals surface area contributed by atoms with Gasteiger partial charge < -0.3 is 9.84 Å². The van der Waals surface area contributed by atoms with E-state index in [1.54, 1.807) is 24.4 Å². The number of aliphatic imine (C=N–C) groups is 1. The summed E-state index contributed by atoms with van der Waals surface area (Å²) in [5.41, 5.74) is 2.11. The van der Waals surface area contributed by atoms with E-state index in [1.165, 1.54) is 57.8 Å². The van der Waals surface area contributed by atoms with E-state index < -0.39 is 0 Å². The van der Waals surface area contributed by atoms with Gasteiger partial charge in [-0.25, -0.2) is 0 Å². The van der Waals surface area contributed by atoms with Crippen LogP contribution in [0.2, 0.25) is 0 Å². The Morgan fingerprint density at radius 1 is 0.727 bits per heavy atom. The van der Waals surface area contributed by atoms with E-state index in [0.717, 1.165) is 37.4 Å². The molecule has 1 N–H and O–H groups in total. The molecule has 2 aromatic carbocycles. The molecule has 0 spiro atoms. The lowest BCUT2D eigenvalue weighted by molar-refractivity contribution is 0.304. The lowest BCUT2D eigenvalue weighted by Crippen LogP contribution is -1.96. The number of nitrogens with zero attached hydrogens (tertiary/aromatic N) is 3. The number of hydrogen-bond donors (Lipinski definition) is 1. The summed E-state index contributed by atoms with van der Waals surface area (Å²) in [6, 6.07) is 12.9. The standard InChI is InChI=1S/C28H41N3O2/c1-3-5-7-9-10-12-20-29-23-24-22-26(16-19-28(24)32)31-30-25-14-17-27(18-15-25)33-21-13-11-8-6-4-2/h14-19,22-23,32H,3-13,20-21H2,1-2H3. The van der Waals surface area contributed by atoms with Crippen LogP contribution in [0.5, 0.6) is 11.5 Å². The molecule has 180 valence electrons. The van der Waals surface area contributed by atoms with Crippen molar-refractivity contribution in [1.29, 1.82) is 0 Å². The molecule has 0 aromatic heterocycles. The monoisotopic (exact) mass is 451 g/mol. The molecule has 0 saturated carbocycles. The minimum absolute atomic E-state index is 0.205. The number of phenolic OH excluding ortho intramolecular Hbond substituents is 1. The van der Waals surface area contributed by atoms with Crippen molar-refractivity contribution in [1.82, 2.24) is 0 Å². The molecule has 2 aromatic rings. The van der Waals surface area contributed by atoms with Crippen LogP contribution in [0.3, 0.4) is 0 Å². The molecule has 0 fully saturated rings. The van der Waals surface area contributed by atoms with Gasteiger partial charge in [0.15, 0.2) is 0 Å². The normalized spacial score (nSPS) is 11.6. The molecule has 0 aliphatic rings. The van der Waals surface area contributed by atoms with E-state index in [1.807, 2.05) is 24.3 Å². The van der Waals surface area contributed by atoms with Crippen molar-refractivity contribution < 1.29 is 9.84 Å². The average molecular weight is 452 g/mol. The Morgan fingerprint density at radius 2 is 1.33 bits per heavy atom. The molecule has 0 aliphatic heterocycles. The van der Waals surface area contributed by atoms with Crippen molar-refractivity contribution in [2.24, 2.45) is 15.2 Å². The number of rotatable bonds is 17. The fraction of sp³-hybridized carbons (Fsp3) is 0.536. The van der Waals surface area contributed by atoms with Gasteiger partial charge in [0.1, 0.15) is 11.5 Å². The predicted octanol–water partition coefficient (Wildman–Crippen LogP) is 8.94. The first-order valence-electron chi connectivity index (χ1n) is 12.7. The molecular weight excluding hydrogens is 410 g/mol. The highest BCUT2D eigenvalue weighted by molar-refractivity contribution is 5.84. The van der Waals surface area contributed by atoms with Gasteiger partial charge in [-0.2, -0.15) is 10.2 Å². The fourth-order valence-corrected chi connectivity index (χ4v) is 3.47. The van der Waals surface area contributed by atoms with Gasteiger partial charge in [-0.1, -0.05) is 71.6 Å². The molecule has 2 rings (SSSR count). The largest absolute Gasteiger partial charge is 0.507 e.